The van der Waals surface area contributed by atoms with Crippen LogP contribution in [-0.2, 0) is 6.42 Å². The molecule has 0 aliphatic heterocycles. The molecule has 4 heteroatoms. The quantitative estimate of drug-likeness (QED) is 0.851. The number of nitrogens with two attached hydrogens (primary N) is 1. The highest BCUT2D eigenvalue weighted by molar-refractivity contribution is 7.07. The topological polar surface area (TPSA) is 55.1 Å². The summed E-state index contributed by atoms with van der Waals surface area (Å²) in [5, 5.41) is 7.09. The minimum atomic E-state index is -0.0564. The molecular weight excluding hydrogens is 280 g/mol. The van der Waals surface area contributed by atoms with Crippen LogP contribution in [-0.4, -0.2) is 19.0 Å². The molecule has 0 atom stereocenters. The Morgan fingerprint density at radius 1 is 1.38 bits per heavy atom. The van der Waals surface area contributed by atoms with Crippen LogP contribution >= 0.6 is 11.3 Å². The van der Waals surface area contributed by atoms with Crippen molar-refractivity contribution in [3.63, 3.8) is 0 Å². The van der Waals surface area contributed by atoms with Crippen molar-refractivity contribution in [2.75, 3.05) is 13.1 Å². The first-order chi connectivity index (χ1) is 10.2. The van der Waals surface area contributed by atoms with Crippen LogP contribution < -0.4 is 11.1 Å². The average Bonchev–Trinajstić information content (AvgIpc) is 2.99. The zero-order valence-electron chi connectivity index (χ0n) is 12.0. The van der Waals surface area contributed by atoms with Crippen LogP contribution in [0.3, 0.4) is 0 Å². The number of hydrogen-bond donors (Lipinski definition) is 2. The van der Waals surface area contributed by atoms with Crippen LogP contribution in [0.25, 0.3) is 0 Å². The van der Waals surface area contributed by atoms with Crippen LogP contribution in [0, 0.1) is 18.8 Å². The number of hydrogen-bond acceptors (Lipinski definition) is 3. The number of amides is 1. The van der Waals surface area contributed by atoms with Crippen LogP contribution in [0.15, 0.2) is 35.0 Å². The molecule has 0 saturated carbocycles. The van der Waals surface area contributed by atoms with E-state index >= 15 is 0 Å². The molecule has 0 fully saturated rings. The maximum absolute atomic E-state index is 12.2. The number of benzene rings is 1. The summed E-state index contributed by atoms with van der Waals surface area (Å²) in [6, 6.07) is 7.65. The molecule has 0 aliphatic carbocycles. The van der Waals surface area contributed by atoms with Crippen molar-refractivity contribution in [1.29, 1.82) is 0 Å². The van der Waals surface area contributed by atoms with Crippen molar-refractivity contribution in [1.82, 2.24) is 5.32 Å². The first-order valence-corrected chi connectivity index (χ1v) is 7.74. The standard InChI is InChI=1S/C17H18N2OS/c1-13-15(5-3-9-18)4-2-6-16(13)17(20)19-10-7-14-8-11-21-12-14/h2,4,6,8,11-12H,7,9-10,18H2,1H3,(H,19,20). The van der Waals surface area contributed by atoms with Gasteiger partial charge in [0.25, 0.3) is 5.91 Å². The summed E-state index contributed by atoms with van der Waals surface area (Å²) >= 11 is 1.67. The minimum absolute atomic E-state index is 0.0564. The average molecular weight is 298 g/mol. The largest absolute Gasteiger partial charge is 0.352 e. The molecule has 0 radical (unpaired) electrons. The van der Waals surface area contributed by atoms with E-state index in [-0.39, 0.29) is 5.91 Å². The normalized spacial score (nSPS) is 9.81. The van der Waals surface area contributed by atoms with E-state index in [1.807, 2.05) is 30.5 Å². The van der Waals surface area contributed by atoms with Gasteiger partial charge in [-0.15, -0.1) is 0 Å². The Bertz CT molecular complexity index is 666. The van der Waals surface area contributed by atoms with Crippen LogP contribution in [0.5, 0.6) is 0 Å². The lowest BCUT2D eigenvalue weighted by atomic mass is 10.0. The maximum Gasteiger partial charge on any atom is 0.251 e. The fourth-order valence-electron chi connectivity index (χ4n) is 2.01. The fraction of sp³-hybridized carbons (Fsp3) is 0.235. The highest BCUT2D eigenvalue weighted by Gasteiger charge is 2.10. The second kappa shape index (κ2) is 7.63. The first-order valence-electron chi connectivity index (χ1n) is 6.80. The molecule has 0 unspecified atom stereocenters. The Labute approximate surface area is 129 Å². The van der Waals surface area contributed by atoms with Crippen molar-refractivity contribution in [2.45, 2.75) is 13.3 Å². The van der Waals surface area contributed by atoms with Crippen molar-refractivity contribution < 1.29 is 4.79 Å². The molecule has 0 bridgehead atoms. The third-order valence-corrected chi connectivity index (χ3v) is 3.91. The van der Waals surface area contributed by atoms with Crippen molar-refractivity contribution in [3.05, 3.63) is 57.3 Å². The van der Waals surface area contributed by atoms with Crippen LogP contribution in [0.4, 0.5) is 0 Å². The van der Waals surface area contributed by atoms with Gasteiger partial charge >= 0.3 is 0 Å². The first kappa shape index (κ1) is 15.3. The van der Waals surface area contributed by atoms with Crippen LogP contribution in [0.1, 0.15) is 27.0 Å². The van der Waals surface area contributed by atoms with E-state index in [0.29, 0.717) is 18.7 Å². The highest BCUT2D eigenvalue weighted by atomic mass is 32.1. The zero-order valence-corrected chi connectivity index (χ0v) is 12.8. The number of nitrogens with one attached hydrogen (secondary N) is 1. The summed E-state index contributed by atoms with van der Waals surface area (Å²) in [6.07, 6.45) is 0.848. The summed E-state index contributed by atoms with van der Waals surface area (Å²) in [4.78, 5) is 12.2. The molecule has 0 saturated heterocycles. The second-order valence-electron chi connectivity index (χ2n) is 4.62. The molecule has 1 heterocycles. The van der Waals surface area contributed by atoms with Gasteiger partial charge in [0.2, 0.25) is 0 Å². The van der Waals surface area contributed by atoms with E-state index in [0.717, 1.165) is 17.5 Å². The minimum Gasteiger partial charge on any atom is -0.352 e. The molecule has 108 valence electrons. The van der Waals surface area contributed by atoms with Gasteiger partial charge < -0.3 is 11.1 Å². The summed E-state index contributed by atoms with van der Waals surface area (Å²) < 4.78 is 0. The van der Waals surface area contributed by atoms with Gasteiger partial charge in [-0.25, -0.2) is 0 Å². The van der Waals surface area contributed by atoms with Gasteiger partial charge in [0.1, 0.15) is 0 Å². The predicted molar refractivity (Wildman–Crippen MR) is 87.5 cm³/mol. The Morgan fingerprint density at radius 2 is 2.24 bits per heavy atom. The van der Waals surface area contributed by atoms with E-state index in [1.54, 1.807) is 11.3 Å². The molecule has 1 amide bonds. The molecule has 0 aliphatic rings. The number of carbonyl (C=O) groups excluding carboxylic acids is 1. The molecule has 1 aromatic heterocycles. The van der Waals surface area contributed by atoms with E-state index in [4.69, 9.17) is 5.73 Å². The molecule has 21 heavy (non-hydrogen) atoms. The molecule has 0 spiro atoms. The third kappa shape index (κ3) is 4.19. The Kier molecular flexibility index (Phi) is 5.56. The zero-order chi connectivity index (χ0) is 15.1. The van der Waals surface area contributed by atoms with Gasteiger partial charge in [0.15, 0.2) is 0 Å². The van der Waals surface area contributed by atoms with Gasteiger partial charge in [0, 0.05) is 17.7 Å². The number of carbonyl (C=O) groups is 1. The molecule has 3 N–H and O–H groups in total. The highest BCUT2D eigenvalue weighted by Crippen LogP contribution is 2.13. The number of rotatable bonds is 4. The van der Waals surface area contributed by atoms with Gasteiger partial charge in [-0.2, -0.15) is 11.3 Å². The Hall–Kier alpha value is -2.09. The summed E-state index contributed by atoms with van der Waals surface area (Å²) in [5.41, 5.74) is 9.05. The molecule has 2 aromatic rings. The molecule has 2 rings (SSSR count). The monoisotopic (exact) mass is 298 g/mol. The van der Waals surface area contributed by atoms with E-state index in [9.17, 15) is 4.79 Å². The van der Waals surface area contributed by atoms with Gasteiger partial charge in [0.05, 0.1) is 6.54 Å². The molecule has 3 nitrogen and oxygen atoms in total. The smallest absolute Gasteiger partial charge is 0.251 e. The summed E-state index contributed by atoms with van der Waals surface area (Å²) in [6.45, 7) is 2.86. The maximum atomic E-state index is 12.2. The van der Waals surface area contributed by atoms with Crippen molar-refractivity contribution in [2.24, 2.45) is 5.73 Å². The van der Waals surface area contributed by atoms with Gasteiger partial charge in [-0.3, -0.25) is 4.79 Å². The van der Waals surface area contributed by atoms with Gasteiger partial charge in [-0.05, 0) is 53.4 Å². The molecular formula is C17H18N2OS. The van der Waals surface area contributed by atoms with E-state index in [1.165, 1.54) is 5.56 Å². The van der Waals surface area contributed by atoms with E-state index in [2.05, 4.69) is 28.6 Å². The Balaban J connectivity index is 2.01. The van der Waals surface area contributed by atoms with Gasteiger partial charge in [-0.1, -0.05) is 17.9 Å². The second-order valence-corrected chi connectivity index (χ2v) is 5.40. The predicted octanol–water partition coefficient (Wildman–Crippen LogP) is 2.34. The Morgan fingerprint density at radius 3 is 2.95 bits per heavy atom. The van der Waals surface area contributed by atoms with Crippen molar-refractivity contribution in [3.8, 4) is 11.8 Å². The lowest BCUT2D eigenvalue weighted by molar-refractivity contribution is 0.0953. The van der Waals surface area contributed by atoms with Crippen molar-refractivity contribution >= 4 is 17.2 Å². The SMILES string of the molecule is Cc1c(C#CCN)cccc1C(=O)NCCc1ccsc1. The number of thiophene rings is 1. The summed E-state index contributed by atoms with van der Waals surface area (Å²) in [5.74, 6) is 5.76. The third-order valence-electron chi connectivity index (χ3n) is 3.18. The lowest BCUT2D eigenvalue weighted by Crippen LogP contribution is -2.26. The van der Waals surface area contributed by atoms with E-state index < -0.39 is 0 Å². The summed E-state index contributed by atoms with van der Waals surface area (Å²) in [7, 11) is 0. The fourth-order valence-corrected chi connectivity index (χ4v) is 2.72. The van der Waals surface area contributed by atoms with Crippen LogP contribution in [0.2, 0.25) is 0 Å². The lowest BCUT2D eigenvalue weighted by Gasteiger charge is -2.08. The molecule has 1 aromatic carbocycles.